The third-order valence-corrected chi connectivity index (χ3v) is 4.25. The van der Waals surface area contributed by atoms with Crippen molar-refractivity contribution in [3.05, 3.63) is 65.5 Å². The Bertz CT molecular complexity index is 869. The predicted octanol–water partition coefficient (Wildman–Crippen LogP) is 2.42. The number of carbonyl (C=O) groups excluding carboxylic acids is 2. The highest BCUT2D eigenvalue weighted by Gasteiger charge is 2.21. The van der Waals surface area contributed by atoms with Gasteiger partial charge in [0, 0.05) is 13.1 Å². The van der Waals surface area contributed by atoms with Gasteiger partial charge in [-0.3, -0.25) is 14.9 Å². The van der Waals surface area contributed by atoms with Crippen molar-refractivity contribution in [3.63, 3.8) is 0 Å². The highest BCUT2D eigenvalue weighted by molar-refractivity contribution is 7.80. The minimum absolute atomic E-state index is 0.0227. The molecule has 1 aliphatic rings. The van der Waals surface area contributed by atoms with E-state index in [-0.39, 0.29) is 16.6 Å². The summed E-state index contributed by atoms with van der Waals surface area (Å²) in [6, 6.07) is 12.5. The number of nitrogens with one attached hydrogen (secondary N) is 2. The van der Waals surface area contributed by atoms with Gasteiger partial charge in [0.05, 0.1) is 30.0 Å². The molecule has 1 aliphatic heterocycles. The molecule has 0 atom stereocenters. The third-order valence-electron chi connectivity index (χ3n) is 4.05. The molecule has 27 heavy (non-hydrogen) atoms. The molecule has 2 amide bonds. The van der Waals surface area contributed by atoms with Crippen molar-refractivity contribution in [3.8, 4) is 0 Å². The lowest BCUT2D eigenvalue weighted by Crippen LogP contribution is -2.41. The molecule has 0 spiro atoms. The first-order valence-corrected chi connectivity index (χ1v) is 8.80. The Morgan fingerprint density at radius 1 is 1.00 bits per heavy atom. The highest BCUT2D eigenvalue weighted by Crippen LogP contribution is 2.18. The van der Waals surface area contributed by atoms with E-state index < -0.39 is 11.7 Å². The summed E-state index contributed by atoms with van der Waals surface area (Å²) in [5.74, 6) is -1.45. The fourth-order valence-electron chi connectivity index (χ4n) is 2.68. The van der Waals surface area contributed by atoms with Gasteiger partial charge in [-0.2, -0.15) is 0 Å². The van der Waals surface area contributed by atoms with Crippen LogP contribution in [0.4, 0.5) is 10.1 Å². The number of rotatable bonds is 3. The van der Waals surface area contributed by atoms with Crippen LogP contribution in [0.5, 0.6) is 0 Å². The third kappa shape index (κ3) is 4.66. The molecule has 1 heterocycles. The van der Waals surface area contributed by atoms with Crippen molar-refractivity contribution in [2.75, 3.05) is 31.6 Å². The molecule has 0 radical (unpaired) electrons. The first-order valence-electron chi connectivity index (χ1n) is 8.39. The molecule has 0 bridgehead atoms. The summed E-state index contributed by atoms with van der Waals surface area (Å²) in [6.07, 6.45) is 0. The van der Waals surface area contributed by atoms with E-state index >= 15 is 0 Å². The Kier molecular flexibility index (Phi) is 6.10. The fourth-order valence-corrected chi connectivity index (χ4v) is 2.89. The molecule has 2 N–H and O–H groups in total. The molecule has 1 fully saturated rings. The van der Waals surface area contributed by atoms with Gasteiger partial charge in [0.2, 0.25) is 0 Å². The maximum atomic E-state index is 13.7. The van der Waals surface area contributed by atoms with Crippen LogP contribution in [0.15, 0.2) is 48.5 Å². The Hall–Kier alpha value is -2.84. The molecule has 0 saturated carbocycles. The molecular formula is C19H18FN3O3S. The number of benzene rings is 2. The number of carbonyl (C=O) groups is 2. The zero-order valence-corrected chi connectivity index (χ0v) is 15.2. The maximum Gasteiger partial charge on any atom is 0.260 e. The summed E-state index contributed by atoms with van der Waals surface area (Å²) in [5.41, 5.74) is 0.786. The second-order valence-corrected chi connectivity index (χ2v) is 6.25. The van der Waals surface area contributed by atoms with Crippen LogP contribution in [0.2, 0.25) is 0 Å². The minimum atomic E-state index is -0.664. The van der Waals surface area contributed by atoms with Gasteiger partial charge in [0.15, 0.2) is 5.11 Å². The zero-order chi connectivity index (χ0) is 19.2. The highest BCUT2D eigenvalue weighted by atomic mass is 32.1. The lowest BCUT2D eigenvalue weighted by atomic mass is 10.1. The van der Waals surface area contributed by atoms with Crippen molar-refractivity contribution >= 4 is 34.8 Å². The van der Waals surface area contributed by atoms with Crippen LogP contribution in [0, 0.1) is 5.82 Å². The lowest BCUT2D eigenvalue weighted by Gasteiger charge is -2.27. The molecule has 2 aromatic carbocycles. The van der Waals surface area contributed by atoms with E-state index in [4.69, 9.17) is 17.0 Å². The molecule has 2 aromatic rings. The number of morpholine rings is 1. The van der Waals surface area contributed by atoms with Gasteiger partial charge in [0.25, 0.3) is 11.8 Å². The van der Waals surface area contributed by atoms with Crippen LogP contribution in [0.25, 0.3) is 0 Å². The minimum Gasteiger partial charge on any atom is -0.378 e. The molecule has 140 valence electrons. The number of nitrogens with zero attached hydrogens (tertiary/aromatic N) is 1. The van der Waals surface area contributed by atoms with Gasteiger partial charge >= 0.3 is 0 Å². The first-order chi connectivity index (χ1) is 13.1. The average Bonchev–Trinajstić information content (AvgIpc) is 2.68. The van der Waals surface area contributed by atoms with Crippen LogP contribution in [-0.2, 0) is 4.74 Å². The van der Waals surface area contributed by atoms with Crippen LogP contribution < -0.4 is 10.6 Å². The second-order valence-electron chi connectivity index (χ2n) is 5.84. The van der Waals surface area contributed by atoms with E-state index in [0.717, 1.165) is 0 Å². The summed E-state index contributed by atoms with van der Waals surface area (Å²) in [7, 11) is 0. The smallest absolute Gasteiger partial charge is 0.260 e. The molecule has 1 saturated heterocycles. The summed E-state index contributed by atoms with van der Waals surface area (Å²) in [4.78, 5) is 26.6. The quantitative estimate of drug-likeness (QED) is 0.792. The Morgan fingerprint density at radius 3 is 2.33 bits per heavy atom. The van der Waals surface area contributed by atoms with Crippen molar-refractivity contribution < 1.29 is 18.7 Å². The van der Waals surface area contributed by atoms with E-state index in [1.54, 1.807) is 35.2 Å². The van der Waals surface area contributed by atoms with Crippen molar-refractivity contribution in [2.24, 2.45) is 0 Å². The summed E-state index contributed by atoms with van der Waals surface area (Å²) >= 11 is 5.15. The van der Waals surface area contributed by atoms with E-state index in [2.05, 4.69) is 10.6 Å². The maximum absolute atomic E-state index is 13.7. The van der Waals surface area contributed by atoms with E-state index in [0.29, 0.717) is 37.6 Å². The molecule has 0 unspecified atom stereocenters. The molecule has 0 aromatic heterocycles. The number of amides is 2. The summed E-state index contributed by atoms with van der Waals surface area (Å²) in [5, 5.41) is 5.25. The van der Waals surface area contributed by atoms with Gasteiger partial charge in [-0.1, -0.05) is 24.3 Å². The Labute approximate surface area is 161 Å². The first kappa shape index (κ1) is 18.9. The van der Waals surface area contributed by atoms with Crippen LogP contribution in [0.1, 0.15) is 20.7 Å². The lowest BCUT2D eigenvalue weighted by molar-refractivity contribution is 0.0303. The van der Waals surface area contributed by atoms with Gasteiger partial charge in [-0.25, -0.2) is 4.39 Å². The zero-order valence-electron chi connectivity index (χ0n) is 14.4. The fraction of sp³-hybridized carbons (Fsp3) is 0.211. The largest absolute Gasteiger partial charge is 0.378 e. The predicted molar refractivity (Wildman–Crippen MR) is 103 cm³/mol. The van der Waals surface area contributed by atoms with E-state index in [1.165, 1.54) is 18.2 Å². The van der Waals surface area contributed by atoms with Gasteiger partial charge in [-0.15, -0.1) is 0 Å². The normalized spacial score (nSPS) is 13.7. The van der Waals surface area contributed by atoms with Crippen molar-refractivity contribution in [1.29, 1.82) is 0 Å². The van der Waals surface area contributed by atoms with Crippen LogP contribution in [-0.4, -0.2) is 48.1 Å². The number of ether oxygens (including phenoxy) is 1. The second kappa shape index (κ2) is 8.70. The number of para-hydroxylation sites is 1. The Balaban J connectivity index is 1.70. The topological polar surface area (TPSA) is 70.7 Å². The molecule has 3 rings (SSSR count). The number of thiocarbonyl (C=S) groups is 1. The van der Waals surface area contributed by atoms with Crippen LogP contribution in [0.3, 0.4) is 0 Å². The van der Waals surface area contributed by atoms with E-state index in [9.17, 15) is 14.0 Å². The van der Waals surface area contributed by atoms with Gasteiger partial charge in [-0.05, 0) is 36.5 Å². The SMILES string of the molecule is O=C(NC(=S)Nc1ccccc1C(=O)N1CCOCC1)c1ccccc1F. The molecule has 0 aliphatic carbocycles. The summed E-state index contributed by atoms with van der Waals surface area (Å²) in [6.45, 7) is 2.03. The molecule has 6 nitrogen and oxygen atoms in total. The monoisotopic (exact) mass is 387 g/mol. The van der Waals surface area contributed by atoms with Gasteiger partial charge < -0.3 is 15.0 Å². The summed E-state index contributed by atoms with van der Waals surface area (Å²) < 4.78 is 19.0. The van der Waals surface area contributed by atoms with Gasteiger partial charge in [0.1, 0.15) is 5.82 Å². The standard InChI is InChI=1S/C19H18FN3O3S/c20-15-7-3-1-5-13(15)17(24)22-19(27)21-16-8-4-2-6-14(16)18(25)23-9-11-26-12-10-23/h1-8H,9-12H2,(H2,21,22,24,27). The molecule has 8 heteroatoms. The average molecular weight is 387 g/mol. The number of hydrogen-bond acceptors (Lipinski definition) is 4. The Morgan fingerprint density at radius 2 is 1.63 bits per heavy atom. The number of hydrogen-bond donors (Lipinski definition) is 2. The van der Waals surface area contributed by atoms with Crippen LogP contribution >= 0.6 is 12.2 Å². The number of halogens is 1. The van der Waals surface area contributed by atoms with Crippen molar-refractivity contribution in [2.45, 2.75) is 0 Å². The molecular weight excluding hydrogens is 369 g/mol. The number of anilines is 1. The van der Waals surface area contributed by atoms with E-state index in [1.807, 2.05) is 0 Å². The van der Waals surface area contributed by atoms with Crippen molar-refractivity contribution in [1.82, 2.24) is 10.2 Å².